The standard InChI is InChI=1S/C11H12BrN3O5/c1-5-8(15(19)20)3-13-10(9(5)12)14-4-6(16)2-7(14)11(17)18/h3,6-7,16H,2,4H2,1H3,(H,17,18). The van der Waals surface area contributed by atoms with Gasteiger partial charge in [-0.2, -0.15) is 0 Å². The molecular weight excluding hydrogens is 334 g/mol. The number of rotatable bonds is 3. The topological polar surface area (TPSA) is 117 Å². The van der Waals surface area contributed by atoms with Gasteiger partial charge < -0.3 is 15.1 Å². The van der Waals surface area contributed by atoms with E-state index in [-0.39, 0.29) is 24.5 Å². The number of carboxylic acids is 1. The maximum atomic E-state index is 11.2. The number of aromatic nitrogens is 1. The van der Waals surface area contributed by atoms with Gasteiger partial charge in [-0.3, -0.25) is 10.1 Å². The summed E-state index contributed by atoms with van der Waals surface area (Å²) in [5, 5.41) is 29.6. The number of aliphatic carboxylic acids is 1. The summed E-state index contributed by atoms with van der Waals surface area (Å²) in [6.45, 7) is 1.68. The monoisotopic (exact) mass is 345 g/mol. The molecule has 0 spiro atoms. The van der Waals surface area contributed by atoms with Crippen LogP contribution in [0.2, 0.25) is 0 Å². The number of aliphatic hydroxyl groups is 1. The van der Waals surface area contributed by atoms with Crippen LogP contribution < -0.4 is 4.90 Å². The Morgan fingerprint density at radius 1 is 1.65 bits per heavy atom. The third kappa shape index (κ3) is 2.46. The number of carboxylic acid groups (broad SMARTS) is 1. The number of nitro groups is 1. The van der Waals surface area contributed by atoms with E-state index in [9.17, 15) is 20.0 Å². The van der Waals surface area contributed by atoms with Crippen molar-refractivity contribution in [2.45, 2.75) is 25.5 Å². The lowest BCUT2D eigenvalue weighted by molar-refractivity contribution is -0.385. The molecule has 0 amide bonds. The van der Waals surface area contributed by atoms with Crippen molar-refractivity contribution in [2.75, 3.05) is 11.4 Å². The van der Waals surface area contributed by atoms with Gasteiger partial charge in [-0.05, 0) is 22.9 Å². The SMILES string of the molecule is Cc1c([N+](=O)[O-])cnc(N2CC(O)CC2C(=O)O)c1Br. The minimum atomic E-state index is -1.06. The van der Waals surface area contributed by atoms with Gasteiger partial charge in [-0.25, -0.2) is 9.78 Å². The second-order valence-electron chi connectivity index (χ2n) is 4.56. The maximum absolute atomic E-state index is 11.2. The summed E-state index contributed by atoms with van der Waals surface area (Å²) in [7, 11) is 0. The van der Waals surface area contributed by atoms with Crippen LogP contribution >= 0.6 is 15.9 Å². The summed E-state index contributed by atoms with van der Waals surface area (Å²) in [5.41, 5.74) is 0.220. The zero-order chi connectivity index (χ0) is 15.0. The summed E-state index contributed by atoms with van der Waals surface area (Å²) in [4.78, 5) is 26.9. The molecule has 2 heterocycles. The molecule has 9 heteroatoms. The van der Waals surface area contributed by atoms with Crippen LogP contribution in [0, 0.1) is 17.0 Å². The van der Waals surface area contributed by atoms with E-state index in [0.717, 1.165) is 6.20 Å². The van der Waals surface area contributed by atoms with E-state index in [1.165, 1.54) is 4.90 Å². The summed E-state index contributed by atoms with van der Waals surface area (Å²) >= 11 is 3.22. The van der Waals surface area contributed by atoms with E-state index in [1.807, 2.05) is 0 Å². The van der Waals surface area contributed by atoms with Gasteiger partial charge in [0.2, 0.25) is 0 Å². The zero-order valence-electron chi connectivity index (χ0n) is 10.5. The van der Waals surface area contributed by atoms with Crippen LogP contribution in [0.1, 0.15) is 12.0 Å². The summed E-state index contributed by atoms with van der Waals surface area (Å²) in [5.74, 6) is -0.775. The number of anilines is 1. The van der Waals surface area contributed by atoms with Crippen molar-refractivity contribution in [1.29, 1.82) is 0 Å². The van der Waals surface area contributed by atoms with Crippen LogP contribution in [0.3, 0.4) is 0 Å². The van der Waals surface area contributed by atoms with Gasteiger partial charge in [0.1, 0.15) is 18.1 Å². The number of aliphatic hydroxyl groups excluding tert-OH is 1. The van der Waals surface area contributed by atoms with Crippen molar-refractivity contribution in [2.24, 2.45) is 0 Å². The van der Waals surface area contributed by atoms with Gasteiger partial charge in [0.15, 0.2) is 0 Å². The molecular formula is C11H12BrN3O5. The molecule has 8 nitrogen and oxygen atoms in total. The molecule has 108 valence electrons. The predicted octanol–water partition coefficient (Wildman–Crippen LogP) is 1.08. The van der Waals surface area contributed by atoms with E-state index in [0.29, 0.717) is 10.0 Å². The Balaban J connectivity index is 2.45. The molecule has 0 saturated carbocycles. The molecule has 1 fully saturated rings. The highest BCUT2D eigenvalue weighted by atomic mass is 79.9. The lowest BCUT2D eigenvalue weighted by atomic mass is 10.2. The van der Waals surface area contributed by atoms with Crippen molar-refractivity contribution in [3.05, 3.63) is 26.3 Å². The lowest BCUT2D eigenvalue weighted by Crippen LogP contribution is -2.36. The highest BCUT2D eigenvalue weighted by Gasteiger charge is 2.38. The molecule has 0 aromatic carbocycles. The van der Waals surface area contributed by atoms with Crippen LogP contribution in [0.15, 0.2) is 10.7 Å². The molecule has 2 unspecified atom stereocenters. The summed E-state index contributed by atoms with van der Waals surface area (Å²) < 4.78 is 0.368. The number of hydrogen-bond acceptors (Lipinski definition) is 6. The molecule has 0 bridgehead atoms. The van der Waals surface area contributed by atoms with Gasteiger partial charge in [0, 0.05) is 18.5 Å². The average Bonchev–Trinajstić information content (AvgIpc) is 2.74. The predicted molar refractivity (Wildman–Crippen MR) is 72.7 cm³/mol. The van der Waals surface area contributed by atoms with E-state index in [1.54, 1.807) is 6.92 Å². The molecule has 0 radical (unpaired) electrons. The third-order valence-electron chi connectivity index (χ3n) is 3.25. The van der Waals surface area contributed by atoms with E-state index < -0.39 is 23.0 Å². The fourth-order valence-corrected chi connectivity index (χ4v) is 2.76. The number of hydrogen-bond donors (Lipinski definition) is 2. The Morgan fingerprint density at radius 3 is 2.85 bits per heavy atom. The molecule has 1 aromatic rings. The van der Waals surface area contributed by atoms with Crippen molar-refractivity contribution in [3.63, 3.8) is 0 Å². The Hall–Kier alpha value is -1.74. The van der Waals surface area contributed by atoms with E-state index >= 15 is 0 Å². The molecule has 2 rings (SSSR count). The first-order chi connectivity index (χ1) is 9.32. The molecule has 2 N–H and O–H groups in total. The first kappa shape index (κ1) is 14.7. The molecule has 1 aliphatic rings. The third-order valence-corrected chi connectivity index (χ3v) is 4.20. The van der Waals surface area contributed by atoms with E-state index in [2.05, 4.69) is 20.9 Å². The smallest absolute Gasteiger partial charge is 0.326 e. The molecule has 20 heavy (non-hydrogen) atoms. The first-order valence-corrected chi connectivity index (χ1v) is 6.59. The van der Waals surface area contributed by atoms with E-state index in [4.69, 9.17) is 5.11 Å². The normalized spacial score (nSPS) is 22.1. The molecule has 1 aliphatic heterocycles. The number of pyridine rings is 1. The second kappa shape index (κ2) is 5.33. The Labute approximate surface area is 122 Å². The molecule has 1 aromatic heterocycles. The van der Waals surface area contributed by atoms with Gasteiger partial charge in [0.05, 0.1) is 15.5 Å². The van der Waals surface area contributed by atoms with Crippen molar-refractivity contribution in [1.82, 2.24) is 4.98 Å². The highest BCUT2D eigenvalue weighted by Crippen LogP contribution is 2.36. The first-order valence-electron chi connectivity index (χ1n) is 5.80. The van der Waals surface area contributed by atoms with Gasteiger partial charge in [-0.1, -0.05) is 0 Å². The van der Waals surface area contributed by atoms with Crippen molar-refractivity contribution >= 4 is 33.4 Å². The fourth-order valence-electron chi connectivity index (χ4n) is 2.22. The number of halogens is 1. The molecule has 2 atom stereocenters. The largest absolute Gasteiger partial charge is 0.480 e. The van der Waals surface area contributed by atoms with Crippen LogP contribution in [-0.4, -0.2) is 44.8 Å². The Morgan fingerprint density at radius 2 is 2.30 bits per heavy atom. The van der Waals surface area contributed by atoms with Gasteiger partial charge in [0.25, 0.3) is 5.69 Å². The number of carbonyl (C=O) groups is 1. The van der Waals surface area contributed by atoms with Crippen molar-refractivity contribution < 1.29 is 19.9 Å². The lowest BCUT2D eigenvalue weighted by Gasteiger charge is -2.23. The molecule has 0 aliphatic carbocycles. The summed E-state index contributed by atoms with van der Waals surface area (Å²) in [6.07, 6.45) is 0.429. The van der Waals surface area contributed by atoms with Gasteiger partial charge >= 0.3 is 5.97 Å². The van der Waals surface area contributed by atoms with Crippen LogP contribution in [0.4, 0.5) is 11.5 Å². The molecule has 1 saturated heterocycles. The minimum Gasteiger partial charge on any atom is -0.480 e. The quantitative estimate of drug-likeness (QED) is 0.621. The van der Waals surface area contributed by atoms with Gasteiger partial charge in [-0.15, -0.1) is 0 Å². The fraction of sp³-hybridized carbons (Fsp3) is 0.455. The van der Waals surface area contributed by atoms with Crippen LogP contribution in [-0.2, 0) is 4.79 Å². The number of nitrogens with zero attached hydrogens (tertiary/aromatic N) is 3. The Kier molecular flexibility index (Phi) is 3.91. The second-order valence-corrected chi connectivity index (χ2v) is 5.35. The Bertz CT molecular complexity index is 579. The number of β-amino-alcohol motifs (C(OH)–C–C–N with tert-alkyl or cyclic N) is 1. The van der Waals surface area contributed by atoms with Crippen LogP contribution in [0.25, 0.3) is 0 Å². The van der Waals surface area contributed by atoms with Crippen molar-refractivity contribution in [3.8, 4) is 0 Å². The highest BCUT2D eigenvalue weighted by molar-refractivity contribution is 9.10. The average molecular weight is 346 g/mol. The maximum Gasteiger partial charge on any atom is 0.326 e. The summed E-state index contributed by atoms with van der Waals surface area (Å²) in [6, 6.07) is -0.894. The minimum absolute atomic E-state index is 0.0967. The van der Waals surface area contributed by atoms with Crippen LogP contribution in [0.5, 0.6) is 0 Å². The zero-order valence-corrected chi connectivity index (χ0v) is 12.1.